The minimum Gasteiger partial charge on any atom is -0.374 e. The van der Waals surface area contributed by atoms with Crippen molar-refractivity contribution in [2.75, 3.05) is 19.7 Å². The van der Waals surface area contributed by atoms with Crippen molar-refractivity contribution >= 4 is 23.7 Å². The molecule has 1 aromatic carbocycles. The van der Waals surface area contributed by atoms with Crippen molar-refractivity contribution < 1.29 is 9.13 Å². The molecule has 0 spiro atoms. The van der Waals surface area contributed by atoms with E-state index in [0.29, 0.717) is 0 Å². The monoisotopic (exact) mass is 380 g/mol. The standard InChI is InChI=1S/C17H17FN4OS.ClH/c18-13-3-1-12(2-4-13)15-11-24-17(21-15)16-20-5-7-22(16)10-14-9-19-6-8-23-14;/h1-5,7,11,14,19H,6,8-10H2;1H. The molecule has 1 fully saturated rings. The summed E-state index contributed by atoms with van der Waals surface area (Å²) < 4.78 is 20.9. The molecule has 4 rings (SSSR count). The summed E-state index contributed by atoms with van der Waals surface area (Å²) in [6, 6.07) is 6.37. The van der Waals surface area contributed by atoms with Gasteiger partial charge in [-0.1, -0.05) is 0 Å². The normalized spacial score (nSPS) is 17.2. The molecule has 2 aromatic heterocycles. The maximum absolute atomic E-state index is 13.1. The van der Waals surface area contributed by atoms with Crippen LogP contribution in [0.3, 0.4) is 0 Å². The highest BCUT2D eigenvalue weighted by molar-refractivity contribution is 7.13. The maximum Gasteiger partial charge on any atom is 0.169 e. The predicted molar refractivity (Wildman–Crippen MR) is 98.6 cm³/mol. The molecule has 0 bridgehead atoms. The van der Waals surface area contributed by atoms with E-state index < -0.39 is 0 Å². The van der Waals surface area contributed by atoms with Crippen LogP contribution < -0.4 is 5.32 Å². The highest BCUT2D eigenvalue weighted by Gasteiger charge is 2.17. The molecule has 3 aromatic rings. The molecule has 3 heterocycles. The van der Waals surface area contributed by atoms with Crippen LogP contribution in [0.4, 0.5) is 4.39 Å². The molecule has 0 amide bonds. The highest BCUT2D eigenvalue weighted by atomic mass is 35.5. The number of aromatic nitrogens is 3. The minimum absolute atomic E-state index is 0. The summed E-state index contributed by atoms with van der Waals surface area (Å²) >= 11 is 1.54. The van der Waals surface area contributed by atoms with Gasteiger partial charge in [0.1, 0.15) is 5.82 Å². The zero-order valence-corrected chi connectivity index (χ0v) is 15.0. The molecule has 0 saturated carbocycles. The number of rotatable bonds is 4. The van der Waals surface area contributed by atoms with Crippen LogP contribution in [0, 0.1) is 5.82 Å². The first-order valence-electron chi connectivity index (χ1n) is 7.85. The van der Waals surface area contributed by atoms with Crippen LogP contribution in [0.2, 0.25) is 0 Å². The average Bonchev–Trinajstić information content (AvgIpc) is 3.25. The number of hydrogen-bond acceptors (Lipinski definition) is 5. The lowest BCUT2D eigenvalue weighted by atomic mass is 10.2. The second-order valence-electron chi connectivity index (χ2n) is 5.64. The molecule has 5 nitrogen and oxygen atoms in total. The predicted octanol–water partition coefficient (Wildman–Crippen LogP) is 3.22. The molecular weight excluding hydrogens is 363 g/mol. The molecule has 1 unspecified atom stereocenters. The molecule has 1 atom stereocenters. The third kappa shape index (κ3) is 4.07. The molecule has 1 saturated heterocycles. The van der Waals surface area contributed by atoms with Gasteiger partial charge in [0, 0.05) is 36.4 Å². The quantitative estimate of drug-likeness (QED) is 0.755. The smallest absolute Gasteiger partial charge is 0.169 e. The van der Waals surface area contributed by atoms with Crippen molar-refractivity contribution in [1.29, 1.82) is 0 Å². The zero-order chi connectivity index (χ0) is 16.4. The van der Waals surface area contributed by atoms with Gasteiger partial charge in [-0.2, -0.15) is 0 Å². The number of imidazole rings is 1. The number of nitrogens with zero attached hydrogens (tertiary/aromatic N) is 3. The summed E-state index contributed by atoms with van der Waals surface area (Å²) in [6.45, 7) is 3.23. The van der Waals surface area contributed by atoms with Crippen LogP contribution in [-0.2, 0) is 11.3 Å². The molecule has 8 heteroatoms. The fourth-order valence-corrected chi connectivity index (χ4v) is 3.58. The van der Waals surface area contributed by atoms with Gasteiger partial charge >= 0.3 is 0 Å². The van der Waals surface area contributed by atoms with Crippen molar-refractivity contribution in [3.05, 3.63) is 47.9 Å². The molecule has 132 valence electrons. The maximum atomic E-state index is 13.1. The van der Waals surface area contributed by atoms with Gasteiger partial charge in [0.25, 0.3) is 0 Å². The second kappa shape index (κ2) is 8.05. The van der Waals surface area contributed by atoms with Gasteiger partial charge in [0.2, 0.25) is 0 Å². The van der Waals surface area contributed by atoms with Crippen LogP contribution in [-0.4, -0.2) is 40.3 Å². The molecule has 1 N–H and O–H groups in total. The number of halogens is 2. The molecule has 1 aliphatic heterocycles. The van der Waals surface area contributed by atoms with E-state index in [1.165, 1.54) is 23.5 Å². The van der Waals surface area contributed by atoms with E-state index >= 15 is 0 Å². The summed E-state index contributed by atoms with van der Waals surface area (Å²) in [5.74, 6) is 0.591. The largest absolute Gasteiger partial charge is 0.374 e. The van der Waals surface area contributed by atoms with E-state index in [1.54, 1.807) is 18.3 Å². The molecule has 1 aliphatic rings. The Hall–Kier alpha value is -1.80. The third-order valence-corrected chi connectivity index (χ3v) is 4.79. The lowest BCUT2D eigenvalue weighted by Gasteiger charge is -2.24. The number of ether oxygens (including phenoxy) is 1. The van der Waals surface area contributed by atoms with Crippen LogP contribution >= 0.6 is 23.7 Å². The minimum atomic E-state index is -0.245. The summed E-state index contributed by atoms with van der Waals surface area (Å²) in [5.41, 5.74) is 1.73. The number of hydrogen-bond donors (Lipinski definition) is 1. The molecule has 0 aliphatic carbocycles. The fraction of sp³-hybridized carbons (Fsp3) is 0.294. The van der Waals surface area contributed by atoms with Crippen LogP contribution in [0.15, 0.2) is 42.0 Å². The van der Waals surface area contributed by atoms with Crippen molar-refractivity contribution in [2.45, 2.75) is 12.6 Å². The van der Waals surface area contributed by atoms with Crippen molar-refractivity contribution in [3.8, 4) is 22.1 Å². The Morgan fingerprint density at radius 3 is 2.92 bits per heavy atom. The van der Waals surface area contributed by atoms with Gasteiger partial charge in [0.15, 0.2) is 10.8 Å². The number of benzene rings is 1. The Morgan fingerprint density at radius 2 is 2.16 bits per heavy atom. The lowest BCUT2D eigenvalue weighted by molar-refractivity contribution is 0.0185. The number of morpholine rings is 1. The first kappa shape index (κ1) is 18.0. The summed E-state index contributed by atoms with van der Waals surface area (Å²) in [5, 5.41) is 6.16. The van der Waals surface area contributed by atoms with Gasteiger partial charge in [-0.05, 0) is 24.3 Å². The summed E-state index contributed by atoms with van der Waals surface area (Å²) in [7, 11) is 0. The molecule has 25 heavy (non-hydrogen) atoms. The van der Waals surface area contributed by atoms with Crippen LogP contribution in [0.25, 0.3) is 22.1 Å². The fourth-order valence-electron chi connectivity index (χ4n) is 2.74. The first-order chi connectivity index (χ1) is 11.8. The van der Waals surface area contributed by atoms with E-state index in [0.717, 1.165) is 48.3 Å². The lowest BCUT2D eigenvalue weighted by Crippen LogP contribution is -2.40. The van der Waals surface area contributed by atoms with Crippen molar-refractivity contribution in [2.24, 2.45) is 0 Å². The van der Waals surface area contributed by atoms with Gasteiger partial charge in [0.05, 0.1) is 24.9 Å². The Bertz CT molecular complexity index is 814. The van der Waals surface area contributed by atoms with Gasteiger partial charge in [-0.3, -0.25) is 0 Å². The summed E-state index contributed by atoms with van der Waals surface area (Å²) in [6.07, 6.45) is 3.87. The molecule has 0 radical (unpaired) electrons. The molecular formula is C17H18ClFN4OS. The highest BCUT2D eigenvalue weighted by Crippen LogP contribution is 2.28. The van der Waals surface area contributed by atoms with E-state index in [-0.39, 0.29) is 24.3 Å². The Balaban J connectivity index is 0.00000182. The van der Waals surface area contributed by atoms with E-state index in [9.17, 15) is 4.39 Å². The SMILES string of the molecule is Cl.Fc1ccc(-c2csc(-c3nccn3CC3CNCCO3)n2)cc1. The van der Waals surface area contributed by atoms with Crippen molar-refractivity contribution in [3.63, 3.8) is 0 Å². The van der Waals surface area contributed by atoms with E-state index in [2.05, 4.69) is 19.9 Å². The summed E-state index contributed by atoms with van der Waals surface area (Å²) in [4.78, 5) is 9.11. The second-order valence-corrected chi connectivity index (χ2v) is 6.50. The van der Waals surface area contributed by atoms with E-state index in [4.69, 9.17) is 4.74 Å². The van der Waals surface area contributed by atoms with E-state index in [1.807, 2.05) is 11.6 Å². The number of thiazole rings is 1. The first-order valence-corrected chi connectivity index (χ1v) is 8.73. The topological polar surface area (TPSA) is 52.0 Å². The zero-order valence-electron chi connectivity index (χ0n) is 13.4. The Morgan fingerprint density at radius 1 is 1.32 bits per heavy atom. The van der Waals surface area contributed by atoms with Crippen molar-refractivity contribution in [1.82, 2.24) is 19.9 Å². The Kier molecular flexibility index (Phi) is 5.80. The Labute approximate surface area is 155 Å². The van der Waals surface area contributed by atoms with Gasteiger partial charge < -0.3 is 14.6 Å². The number of nitrogens with one attached hydrogen (secondary N) is 1. The van der Waals surface area contributed by atoms with Crippen LogP contribution in [0.1, 0.15) is 0 Å². The van der Waals surface area contributed by atoms with Gasteiger partial charge in [-0.15, -0.1) is 23.7 Å². The average molecular weight is 381 g/mol. The third-order valence-electron chi connectivity index (χ3n) is 3.96. The van der Waals surface area contributed by atoms with Gasteiger partial charge in [-0.25, -0.2) is 14.4 Å². The van der Waals surface area contributed by atoms with Crippen LogP contribution in [0.5, 0.6) is 0 Å².